The summed E-state index contributed by atoms with van der Waals surface area (Å²) in [5.41, 5.74) is 2.58. The van der Waals surface area contributed by atoms with E-state index >= 15 is 0 Å². The second-order valence-electron chi connectivity index (χ2n) is 8.06. The van der Waals surface area contributed by atoms with Crippen molar-refractivity contribution in [3.63, 3.8) is 0 Å². The molecule has 4 nitrogen and oxygen atoms in total. The number of hydrogen-bond acceptors (Lipinski definition) is 3. The zero-order chi connectivity index (χ0) is 20.0. The summed E-state index contributed by atoms with van der Waals surface area (Å²) in [6, 6.07) is 21.1. The highest BCUT2D eigenvalue weighted by Crippen LogP contribution is 2.37. The van der Waals surface area contributed by atoms with Crippen molar-refractivity contribution in [3.05, 3.63) is 71.8 Å². The number of carbonyl (C=O) groups excluding carboxylic acids is 1. The lowest BCUT2D eigenvalue weighted by molar-refractivity contribution is -0.138. The van der Waals surface area contributed by atoms with Crippen molar-refractivity contribution >= 4 is 5.91 Å². The maximum absolute atomic E-state index is 13.3. The van der Waals surface area contributed by atoms with Crippen molar-refractivity contribution in [1.82, 2.24) is 15.1 Å². The van der Waals surface area contributed by atoms with E-state index in [9.17, 15) is 4.79 Å². The molecule has 1 amide bonds. The van der Waals surface area contributed by atoms with E-state index in [0.29, 0.717) is 6.54 Å². The predicted octanol–water partition coefficient (Wildman–Crippen LogP) is 3.14. The Kier molecular flexibility index (Phi) is 6.87. The first-order valence-electron chi connectivity index (χ1n) is 10.3. The molecule has 0 aromatic heterocycles. The maximum Gasteiger partial charge on any atom is 0.227 e. The summed E-state index contributed by atoms with van der Waals surface area (Å²) in [6.45, 7) is 2.32. The quantitative estimate of drug-likeness (QED) is 0.803. The minimum atomic E-state index is -0.0176. The first-order chi connectivity index (χ1) is 13.6. The normalized spacial score (nSPS) is 17.5. The number of nitrogens with zero attached hydrogens (tertiary/aromatic N) is 2. The van der Waals surface area contributed by atoms with Crippen LogP contribution < -0.4 is 5.32 Å². The van der Waals surface area contributed by atoms with Crippen molar-refractivity contribution in [2.45, 2.75) is 24.8 Å². The predicted molar refractivity (Wildman–Crippen MR) is 115 cm³/mol. The summed E-state index contributed by atoms with van der Waals surface area (Å²) >= 11 is 0. The SMILES string of the molecule is CNC[C@H](Cc1ccccc1)C(=O)N1CCC(c2ccccc2)(N(C)C)CC1. The van der Waals surface area contributed by atoms with Gasteiger partial charge in [0.2, 0.25) is 5.91 Å². The highest BCUT2D eigenvalue weighted by Gasteiger charge is 2.40. The third kappa shape index (κ3) is 4.45. The molecule has 0 bridgehead atoms. The fourth-order valence-corrected chi connectivity index (χ4v) is 4.49. The molecule has 4 heteroatoms. The third-order valence-corrected chi connectivity index (χ3v) is 6.19. The number of benzene rings is 2. The Balaban J connectivity index is 1.70. The van der Waals surface area contributed by atoms with Gasteiger partial charge in [-0.25, -0.2) is 0 Å². The van der Waals surface area contributed by atoms with E-state index in [1.807, 2.05) is 25.2 Å². The number of nitrogens with one attached hydrogen (secondary N) is 1. The molecule has 150 valence electrons. The van der Waals surface area contributed by atoms with Crippen LogP contribution in [0, 0.1) is 5.92 Å². The second kappa shape index (κ2) is 9.35. The molecule has 3 rings (SSSR count). The van der Waals surface area contributed by atoms with Gasteiger partial charge in [-0.3, -0.25) is 9.69 Å². The van der Waals surface area contributed by atoms with Gasteiger partial charge in [0.1, 0.15) is 0 Å². The molecule has 1 heterocycles. The van der Waals surface area contributed by atoms with Gasteiger partial charge in [-0.15, -0.1) is 0 Å². The van der Waals surface area contributed by atoms with Crippen LogP contribution in [-0.2, 0) is 16.8 Å². The Morgan fingerprint density at radius 2 is 1.61 bits per heavy atom. The van der Waals surface area contributed by atoms with E-state index in [1.54, 1.807) is 0 Å². The number of piperidine rings is 1. The van der Waals surface area contributed by atoms with Crippen LogP contribution in [0.25, 0.3) is 0 Å². The summed E-state index contributed by atoms with van der Waals surface area (Å²) in [5.74, 6) is 0.259. The molecular weight excluding hydrogens is 346 g/mol. The van der Waals surface area contributed by atoms with Crippen LogP contribution in [-0.4, -0.2) is 56.5 Å². The molecule has 0 unspecified atom stereocenters. The monoisotopic (exact) mass is 379 g/mol. The van der Waals surface area contributed by atoms with Gasteiger partial charge in [-0.05, 0) is 51.5 Å². The molecule has 0 aliphatic carbocycles. The van der Waals surface area contributed by atoms with Gasteiger partial charge in [0.05, 0.1) is 5.92 Å². The zero-order valence-electron chi connectivity index (χ0n) is 17.4. The van der Waals surface area contributed by atoms with E-state index < -0.39 is 0 Å². The zero-order valence-corrected chi connectivity index (χ0v) is 17.4. The standard InChI is InChI=1S/C24H33N3O/c1-25-19-21(18-20-10-6-4-7-11-20)23(28)27-16-14-24(15-17-27,26(2)3)22-12-8-5-9-13-22/h4-13,21,25H,14-19H2,1-3H3/t21-/m0/s1. The van der Waals surface area contributed by atoms with Crippen molar-refractivity contribution in [3.8, 4) is 0 Å². The van der Waals surface area contributed by atoms with Crippen LogP contribution in [0.2, 0.25) is 0 Å². The molecule has 1 saturated heterocycles. The molecule has 1 fully saturated rings. The lowest BCUT2D eigenvalue weighted by atomic mass is 9.79. The summed E-state index contributed by atoms with van der Waals surface area (Å²) in [7, 11) is 6.24. The molecule has 1 aliphatic rings. The Labute approximate surface area is 169 Å². The van der Waals surface area contributed by atoms with Crippen LogP contribution in [0.15, 0.2) is 60.7 Å². The van der Waals surface area contributed by atoms with Crippen LogP contribution in [0.3, 0.4) is 0 Å². The van der Waals surface area contributed by atoms with Crippen LogP contribution >= 0.6 is 0 Å². The van der Waals surface area contributed by atoms with Crippen molar-refractivity contribution in [2.75, 3.05) is 40.8 Å². The second-order valence-corrected chi connectivity index (χ2v) is 8.06. The maximum atomic E-state index is 13.3. The van der Waals surface area contributed by atoms with Crippen LogP contribution in [0.5, 0.6) is 0 Å². The lowest BCUT2D eigenvalue weighted by Crippen LogP contribution is -2.53. The van der Waals surface area contributed by atoms with Gasteiger partial charge < -0.3 is 10.2 Å². The molecule has 0 spiro atoms. The first kappa shape index (κ1) is 20.6. The Morgan fingerprint density at radius 3 is 2.14 bits per heavy atom. The molecular formula is C24H33N3O. The van der Waals surface area contributed by atoms with Gasteiger partial charge in [-0.1, -0.05) is 60.7 Å². The van der Waals surface area contributed by atoms with E-state index in [1.165, 1.54) is 11.1 Å². The van der Waals surface area contributed by atoms with Gasteiger partial charge in [0.25, 0.3) is 0 Å². The molecule has 0 saturated carbocycles. The van der Waals surface area contributed by atoms with E-state index in [0.717, 1.165) is 32.4 Å². The summed E-state index contributed by atoms with van der Waals surface area (Å²) in [6.07, 6.45) is 2.72. The molecule has 1 N–H and O–H groups in total. The van der Waals surface area contributed by atoms with Crippen LogP contribution in [0.1, 0.15) is 24.0 Å². The highest BCUT2D eigenvalue weighted by atomic mass is 16.2. The van der Waals surface area contributed by atoms with Crippen molar-refractivity contribution < 1.29 is 4.79 Å². The molecule has 2 aromatic carbocycles. The summed E-state index contributed by atoms with van der Waals surface area (Å²) in [5, 5.41) is 3.21. The largest absolute Gasteiger partial charge is 0.342 e. The minimum absolute atomic E-state index is 0.00989. The smallest absolute Gasteiger partial charge is 0.227 e. The first-order valence-corrected chi connectivity index (χ1v) is 10.3. The average molecular weight is 380 g/mol. The number of rotatable bonds is 7. The van der Waals surface area contributed by atoms with E-state index in [-0.39, 0.29) is 17.4 Å². The highest BCUT2D eigenvalue weighted by molar-refractivity contribution is 5.79. The van der Waals surface area contributed by atoms with Gasteiger partial charge in [0, 0.05) is 25.2 Å². The fourth-order valence-electron chi connectivity index (χ4n) is 4.49. The minimum Gasteiger partial charge on any atom is -0.342 e. The summed E-state index contributed by atoms with van der Waals surface area (Å²) < 4.78 is 0. The number of hydrogen-bond donors (Lipinski definition) is 1. The topological polar surface area (TPSA) is 35.6 Å². The number of likely N-dealkylation sites (tertiary alicyclic amines) is 1. The van der Waals surface area contributed by atoms with Crippen LogP contribution in [0.4, 0.5) is 0 Å². The lowest BCUT2D eigenvalue weighted by Gasteiger charge is -2.47. The molecule has 28 heavy (non-hydrogen) atoms. The number of amides is 1. The van der Waals surface area contributed by atoms with Gasteiger partial charge in [0.15, 0.2) is 0 Å². The molecule has 2 aromatic rings. The molecule has 0 radical (unpaired) electrons. The average Bonchev–Trinajstić information content (AvgIpc) is 2.74. The molecule has 1 atom stereocenters. The number of carbonyl (C=O) groups is 1. The van der Waals surface area contributed by atoms with Crippen molar-refractivity contribution in [1.29, 1.82) is 0 Å². The van der Waals surface area contributed by atoms with Crippen molar-refractivity contribution in [2.24, 2.45) is 5.92 Å². The Morgan fingerprint density at radius 1 is 1.04 bits per heavy atom. The Bertz CT molecular complexity index is 737. The van der Waals surface area contributed by atoms with Gasteiger partial charge in [-0.2, -0.15) is 0 Å². The molecule has 1 aliphatic heterocycles. The fraction of sp³-hybridized carbons (Fsp3) is 0.458. The van der Waals surface area contributed by atoms with E-state index in [4.69, 9.17) is 0 Å². The summed E-state index contributed by atoms with van der Waals surface area (Å²) in [4.78, 5) is 17.7. The Hall–Kier alpha value is -2.17. The van der Waals surface area contributed by atoms with Gasteiger partial charge >= 0.3 is 0 Å². The van der Waals surface area contributed by atoms with E-state index in [2.05, 4.69) is 71.7 Å². The third-order valence-electron chi connectivity index (χ3n) is 6.19.